The molecular formula is C19H32ClN. The van der Waals surface area contributed by atoms with E-state index >= 15 is 0 Å². The van der Waals surface area contributed by atoms with Gasteiger partial charge in [-0.25, -0.2) is 0 Å². The number of fused-ring (bicyclic) bond motifs is 1. The highest BCUT2D eigenvalue weighted by Crippen LogP contribution is 2.58. The van der Waals surface area contributed by atoms with Gasteiger partial charge in [-0.3, -0.25) is 0 Å². The molecule has 0 amide bonds. The first-order valence-electron chi connectivity index (χ1n) is 8.54. The smallest absolute Gasteiger partial charge is 0.0124 e. The first-order valence-corrected chi connectivity index (χ1v) is 8.54. The molecule has 0 spiro atoms. The Balaban J connectivity index is 0.000000275. The van der Waals surface area contributed by atoms with E-state index in [1.807, 2.05) is 0 Å². The molecule has 0 aromatic heterocycles. The maximum Gasteiger partial charge on any atom is 0.0124 e. The molecule has 21 heavy (non-hydrogen) atoms. The summed E-state index contributed by atoms with van der Waals surface area (Å²) in [7, 11) is 0. The van der Waals surface area contributed by atoms with E-state index in [1.54, 1.807) is 5.56 Å². The Morgan fingerprint density at radius 2 is 1.67 bits per heavy atom. The predicted molar refractivity (Wildman–Crippen MR) is 95.4 cm³/mol. The average Bonchev–Trinajstić information content (AvgIpc) is 3.09. The molecule has 1 saturated carbocycles. The molecule has 3 rings (SSSR count). The number of piperidine rings is 1. The molecule has 2 atom stereocenters. The summed E-state index contributed by atoms with van der Waals surface area (Å²) in [6, 6.07) is 11.1. The van der Waals surface area contributed by atoms with Crippen molar-refractivity contribution in [2.45, 2.75) is 58.3 Å². The van der Waals surface area contributed by atoms with Crippen LogP contribution >= 0.6 is 12.4 Å². The van der Waals surface area contributed by atoms with E-state index in [0.29, 0.717) is 5.41 Å². The van der Waals surface area contributed by atoms with Crippen LogP contribution < -0.4 is 0 Å². The van der Waals surface area contributed by atoms with E-state index in [-0.39, 0.29) is 12.4 Å². The van der Waals surface area contributed by atoms with E-state index in [9.17, 15) is 0 Å². The van der Waals surface area contributed by atoms with Gasteiger partial charge in [-0.1, -0.05) is 76.8 Å². The van der Waals surface area contributed by atoms with E-state index in [0.717, 1.165) is 5.92 Å². The van der Waals surface area contributed by atoms with Crippen LogP contribution in [0.5, 0.6) is 0 Å². The molecule has 1 aromatic carbocycles. The Labute approximate surface area is 137 Å². The summed E-state index contributed by atoms with van der Waals surface area (Å²) < 4.78 is 0. The summed E-state index contributed by atoms with van der Waals surface area (Å²) in [4.78, 5) is 2.58. The Hall–Kier alpha value is -0.530. The van der Waals surface area contributed by atoms with Crippen LogP contribution in [0, 0.1) is 5.92 Å². The van der Waals surface area contributed by atoms with Crippen LogP contribution in [0.3, 0.4) is 0 Å². The zero-order valence-electron chi connectivity index (χ0n) is 14.0. The summed E-state index contributed by atoms with van der Waals surface area (Å²) in [5.74, 6) is 0.949. The highest BCUT2D eigenvalue weighted by atomic mass is 35.5. The molecule has 120 valence electrons. The molecule has 0 N–H and O–H groups in total. The van der Waals surface area contributed by atoms with Crippen molar-refractivity contribution in [3.63, 3.8) is 0 Å². The minimum Gasteiger partial charge on any atom is -0.302 e. The summed E-state index contributed by atoms with van der Waals surface area (Å²) in [5, 5.41) is 0. The number of likely N-dealkylation sites (N-methyl/N-ethyl adjacent to an activating group) is 1. The molecule has 1 aromatic rings. The zero-order valence-corrected chi connectivity index (χ0v) is 14.8. The van der Waals surface area contributed by atoms with Gasteiger partial charge in [0.15, 0.2) is 0 Å². The molecule has 2 heteroatoms. The first kappa shape index (κ1) is 18.5. The van der Waals surface area contributed by atoms with E-state index in [1.165, 1.54) is 51.7 Å². The van der Waals surface area contributed by atoms with Crippen LogP contribution in [-0.4, -0.2) is 24.5 Å². The van der Waals surface area contributed by atoms with E-state index < -0.39 is 0 Å². The minimum atomic E-state index is 0. The normalized spacial score (nSPS) is 26.3. The first-order chi connectivity index (χ1) is 9.76. The molecule has 0 radical (unpaired) electrons. The van der Waals surface area contributed by atoms with E-state index in [4.69, 9.17) is 0 Å². The Bertz CT molecular complexity index is 388. The van der Waals surface area contributed by atoms with Crippen molar-refractivity contribution in [3.8, 4) is 0 Å². The SMILES string of the molecule is CCCCCC.CCN1CC2CC2(c2ccccc2)C1.Cl. The monoisotopic (exact) mass is 309 g/mol. The van der Waals surface area contributed by atoms with E-state index in [2.05, 4.69) is 56.0 Å². The van der Waals surface area contributed by atoms with Gasteiger partial charge in [0.1, 0.15) is 0 Å². The fourth-order valence-corrected chi connectivity index (χ4v) is 3.54. The highest BCUT2D eigenvalue weighted by Gasteiger charge is 2.60. The van der Waals surface area contributed by atoms with Gasteiger partial charge >= 0.3 is 0 Å². The van der Waals surface area contributed by atoms with Gasteiger partial charge in [-0.05, 0) is 24.4 Å². The number of hydrogen-bond acceptors (Lipinski definition) is 1. The molecule has 1 aliphatic heterocycles. The number of hydrogen-bond donors (Lipinski definition) is 0. The van der Waals surface area contributed by atoms with Crippen molar-refractivity contribution in [1.82, 2.24) is 4.90 Å². The second kappa shape index (κ2) is 8.80. The minimum absolute atomic E-state index is 0. The van der Waals surface area contributed by atoms with Crippen molar-refractivity contribution in [2.24, 2.45) is 5.92 Å². The Morgan fingerprint density at radius 1 is 1.05 bits per heavy atom. The highest BCUT2D eigenvalue weighted by molar-refractivity contribution is 5.85. The summed E-state index contributed by atoms with van der Waals surface area (Å²) >= 11 is 0. The number of benzene rings is 1. The zero-order chi connectivity index (χ0) is 14.4. The number of likely N-dealkylation sites (tertiary alicyclic amines) is 1. The van der Waals surface area contributed by atoms with Gasteiger partial charge < -0.3 is 4.90 Å². The van der Waals surface area contributed by atoms with Crippen LogP contribution in [-0.2, 0) is 5.41 Å². The predicted octanol–water partition coefficient (Wildman–Crippen LogP) is 5.29. The molecule has 0 bridgehead atoms. The topological polar surface area (TPSA) is 3.24 Å². The van der Waals surface area contributed by atoms with Gasteiger partial charge in [0, 0.05) is 18.5 Å². The van der Waals surface area contributed by atoms with Crippen LogP contribution in [0.2, 0.25) is 0 Å². The lowest BCUT2D eigenvalue weighted by Crippen LogP contribution is -2.26. The molecule has 1 heterocycles. The second-order valence-corrected chi connectivity index (χ2v) is 6.46. The molecule has 2 aliphatic rings. The fourth-order valence-electron chi connectivity index (χ4n) is 3.54. The van der Waals surface area contributed by atoms with Crippen molar-refractivity contribution < 1.29 is 0 Å². The molecular weight excluding hydrogens is 278 g/mol. The average molecular weight is 310 g/mol. The lowest BCUT2D eigenvalue weighted by molar-refractivity contribution is 0.314. The van der Waals surface area contributed by atoms with Crippen LogP contribution in [0.15, 0.2) is 30.3 Å². The molecule has 2 fully saturated rings. The van der Waals surface area contributed by atoms with Crippen molar-refractivity contribution in [2.75, 3.05) is 19.6 Å². The molecule has 1 nitrogen and oxygen atoms in total. The summed E-state index contributed by atoms with van der Waals surface area (Å²) in [6.07, 6.45) is 6.96. The second-order valence-electron chi connectivity index (χ2n) is 6.46. The number of unbranched alkanes of at least 4 members (excludes halogenated alkanes) is 3. The third kappa shape index (κ3) is 4.47. The third-order valence-corrected chi connectivity index (χ3v) is 4.97. The van der Waals surface area contributed by atoms with Crippen molar-refractivity contribution >= 4 is 12.4 Å². The third-order valence-electron chi connectivity index (χ3n) is 4.97. The Morgan fingerprint density at radius 3 is 2.14 bits per heavy atom. The Kier molecular flexibility index (Phi) is 7.76. The fraction of sp³-hybridized carbons (Fsp3) is 0.684. The number of halogens is 1. The lowest BCUT2D eigenvalue weighted by Gasteiger charge is -2.18. The maximum absolute atomic E-state index is 2.58. The largest absolute Gasteiger partial charge is 0.302 e. The van der Waals surface area contributed by atoms with Crippen LogP contribution in [0.25, 0.3) is 0 Å². The van der Waals surface area contributed by atoms with Crippen molar-refractivity contribution in [3.05, 3.63) is 35.9 Å². The molecule has 2 unspecified atom stereocenters. The number of rotatable bonds is 5. The maximum atomic E-state index is 2.58. The van der Waals surface area contributed by atoms with Gasteiger partial charge in [-0.15, -0.1) is 12.4 Å². The van der Waals surface area contributed by atoms with Gasteiger partial charge in [0.25, 0.3) is 0 Å². The van der Waals surface area contributed by atoms with Gasteiger partial charge in [0.2, 0.25) is 0 Å². The van der Waals surface area contributed by atoms with Crippen LogP contribution in [0.1, 0.15) is 58.4 Å². The number of nitrogens with zero attached hydrogens (tertiary/aromatic N) is 1. The van der Waals surface area contributed by atoms with Crippen LogP contribution in [0.4, 0.5) is 0 Å². The quantitative estimate of drug-likeness (QED) is 0.668. The molecule has 1 aliphatic carbocycles. The summed E-state index contributed by atoms with van der Waals surface area (Å²) in [6.45, 7) is 10.6. The van der Waals surface area contributed by atoms with Gasteiger partial charge in [-0.2, -0.15) is 0 Å². The summed E-state index contributed by atoms with van der Waals surface area (Å²) in [5.41, 5.74) is 2.12. The molecule has 1 saturated heterocycles. The lowest BCUT2D eigenvalue weighted by atomic mass is 9.95. The van der Waals surface area contributed by atoms with Crippen molar-refractivity contribution in [1.29, 1.82) is 0 Å². The van der Waals surface area contributed by atoms with Gasteiger partial charge in [0.05, 0.1) is 0 Å². The standard InChI is InChI=1S/C13H17N.C6H14.ClH/c1-2-14-9-12-8-13(12,10-14)11-6-4-3-5-7-11;1-3-5-6-4-2;/h3-7,12H,2,8-10H2,1H3;3-6H2,1-2H3;1H.